The van der Waals surface area contributed by atoms with Crippen LogP contribution in [0.5, 0.6) is 5.75 Å². The Morgan fingerprint density at radius 3 is 2.85 bits per heavy atom. The highest BCUT2D eigenvalue weighted by Crippen LogP contribution is 2.31. The fourth-order valence-corrected chi connectivity index (χ4v) is 2.42. The molecule has 0 bridgehead atoms. The molecule has 1 aliphatic heterocycles. The molecule has 102 valence electrons. The molecule has 1 amide bonds. The summed E-state index contributed by atoms with van der Waals surface area (Å²) >= 11 is 0. The maximum Gasteiger partial charge on any atom is 0.251 e. The summed E-state index contributed by atoms with van der Waals surface area (Å²) < 4.78 is 5.70. The number of amides is 1. The van der Waals surface area contributed by atoms with E-state index in [0.29, 0.717) is 12.2 Å². The van der Waals surface area contributed by atoms with Gasteiger partial charge in [-0.1, -0.05) is 18.2 Å². The standard InChI is InChI=1S/C16H16N2O2/c19-16(12-7-9-17-10-8-12)18-14-5-3-11-20-15-6-2-1-4-13(14)15/h1-2,4,6-10,14H,3,5,11H2,(H,18,19)/t14-/m0/s1. The van der Waals surface area contributed by atoms with Crippen molar-refractivity contribution in [1.82, 2.24) is 10.3 Å². The summed E-state index contributed by atoms with van der Waals surface area (Å²) in [5.74, 6) is 0.791. The first kappa shape index (κ1) is 12.7. The third-order valence-corrected chi connectivity index (χ3v) is 3.44. The van der Waals surface area contributed by atoms with Crippen molar-refractivity contribution in [3.8, 4) is 5.75 Å². The number of para-hydroxylation sites is 1. The Morgan fingerprint density at radius 2 is 2.00 bits per heavy atom. The largest absolute Gasteiger partial charge is 0.493 e. The minimum atomic E-state index is -0.0749. The average Bonchev–Trinajstić information content (AvgIpc) is 2.71. The van der Waals surface area contributed by atoms with E-state index in [1.54, 1.807) is 24.5 Å². The highest BCUT2D eigenvalue weighted by molar-refractivity contribution is 5.94. The van der Waals surface area contributed by atoms with Crippen LogP contribution in [0.1, 0.15) is 34.8 Å². The second-order valence-electron chi connectivity index (χ2n) is 4.79. The Kier molecular flexibility index (Phi) is 3.63. The van der Waals surface area contributed by atoms with Crippen molar-refractivity contribution in [2.24, 2.45) is 0 Å². The Morgan fingerprint density at radius 1 is 1.20 bits per heavy atom. The summed E-state index contributed by atoms with van der Waals surface area (Å²) in [7, 11) is 0. The quantitative estimate of drug-likeness (QED) is 0.911. The van der Waals surface area contributed by atoms with Crippen LogP contribution >= 0.6 is 0 Å². The molecule has 1 aromatic carbocycles. The number of carbonyl (C=O) groups is 1. The molecular weight excluding hydrogens is 252 g/mol. The molecule has 0 radical (unpaired) electrons. The first-order valence-corrected chi connectivity index (χ1v) is 6.77. The van der Waals surface area contributed by atoms with E-state index in [9.17, 15) is 4.79 Å². The molecule has 20 heavy (non-hydrogen) atoms. The molecular formula is C16H16N2O2. The van der Waals surface area contributed by atoms with Gasteiger partial charge in [-0.25, -0.2) is 0 Å². The lowest BCUT2D eigenvalue weighted by Gasteiger charge is -2.18. The van der Waals surface area contributed by atoms with Crippen molar-refractivity contribution in [3.63, 3.8) is 0 Å². The maximum absolute atomic E-state index is 12.3. The lowest BCUT2D eigenvalue weighted by atomic mass is 10.0. The Bertz CT molecular complexity index is 598. The van der Waals surface area contributed by atoms with Crippen LogP contribution in [0.15, 0.2) is 48.8 Å². The predicted octanol–water partition coefficient (Wildman–Crippen LogP) is 2.73. The Labute approximate surface area is 117 Å². The lowest BCUT2D eigenvalue weighted by molar-refractivity contribution is 0.0934. The summed E-state index contributed by atoms with van der Waals surface area (Å²) in [6.07, 6.45) is 5.06. The van der Waals surface area contributed by atoms with Gasteiger partial charge in [0.25, 0.3) is 5.91 Å². The number of nitrogens with zero attached hydrogens (tertiary/aromatic N) is 1. The number of benzene rings is 1. The summed E-state index contributed by atoms with van der Waals surface area (Å²) in [6.45, 7) is 0.693. The predicted molar refractivity (Wildman–Crippen MR) is 75.6 cm³/mol. The second-order valence-corrected chi connectivity index (χ2v) is 4.79. The number of rotatable bonds is 2. The van der Waals surface area contributed by atoms with Gasteiger partial charge in [-0.2, -0.15) is 0 Å². The van der Waals surface area contributed by atoms with E-state index in [4.69, 9.17) is 4.74 Å². The van der Waals surface area contributed by atoms with Crippen LogP contribution in [0.2, 0.25) is 0 Å². The number of fused-ring (bicyclic) bond motifs is 1. The normalized spacial score (nSPS) is 17.5. The fourth-order valence-electron chi connectivity index (χ4n) is 2.42. The van der Waals surface area contributed by atoms with Gasteiger partial charge in [-0.15, -0.1) is 0 Å². The minimum absolute atomic E-state index is 0.00522. The van der Waals surface area contributed by atoms with Gasteiger partial charge in [0.2, 0.25) is 0 Å². The number of hydrogen-bond acceptors (Lipinski definition) is 3. The van der Waals surface area contributed by atoms with E-state index in [0.717, 1.165) is 24.2 Å². The number of aromatic nitrogens is 1. The topological polar surface area (TPSA) is 51.2 Å². The summed E-state index contributed by atoms with van der Waals surface area (Å²) in [6, 6.07) is 11.3. The van der Waals surface area contributed by atoms with Gasteiger partial charge in [0, 0.05) is 23.5 Å². The second kappa shape index (κ2) is 5.74. The molecule has 0 unspecified atom stereocenters. The van der Waals surface area contributed by atoms with E-state index in [1.807, 2.05) is 24.3 Å². The Balaban J connectivity index is 1.82. The number of carbonyl (C=O) groups excluding carboxylic acids is 1. The molecule has 0 saturated heterocycles. The van der Waals surface area contributed by atoms with Crippen LogP contribution in [0.3, 0.4) is 0 Å². The summed E-state index contributed by atoms with van der Waals surface area (Å²) in [4.78, 5) is 16.2. The zero-order valence-electron chi connectivity index (χ0n) is 11.1. The first-order valence-electron chi connectivity index (χ1n) is 6.77. The number of nitrogens with one attached hydrogen (secondary N) is 1. The highest BCUT2D eigenvalue weighted by atomic mass is 16.5. The van der Waals surface area contributed by atoms with Gasteiger partial charge < -0.3 is 10.1 Å². The molecule has 1 N–H and O–H groups in total. The Hall–Kier alpha value is -2.36. The van der Waals surface area contributed by atoms with E-state index in [2.05, 4.69) is 10.3 Å². The number of pyridine rings is 1. The monoisotopic (exact) mass is 268 g/mol. The number of ether oxygens (including phenoxy) is 1. The molecule has 0 spiro atoms. The van der Waals surface area contributed by atoms with Crippen LogP contribution in [-0.2, 0) is 0 Å². The third-order valence-electron chi connectivity index (χ3n) is 3.44. The van der Waals surface area contributed by atoms with Gasteiger partial charge >= 0.3 is 0 Å². The van der Waals surface area contributed by atoms with Gasteiger partial charge in [0.15, 0.2) is 0 Å². The number of hydrogen-bond donors (Lipinski definition) is 1. The van der Waals surface area contributed by atoms with Crippen molar-refractivity contribution >= 4 is 5.91 Å². The molecule has 0 fully saturated rings. The summed E-state index contributed by atoms with van der Waals surface area (Å²) in [5.41, 5.74) is 1.68. The molecule has 1 aromatic heterocycles. The molecule has 1 aliphatic rings. The molecule has 2 heterocycles. The van der Waals surface area contributed by atoms with E-state index in [-0.39, 0.29) is 11.9 Å². The van der Waals surface area contributed by atoms with Crippen molar-refractivity contribution in [2.75, 3.05) is 6.61 Å². The molecule has 0 aliphatic carbocycles. The molecule has 3 rings (SSSR count). The SMILES string of the molecule is O=C(N[C@H]1CCCOc2ccccc21)c1ccncc1. The fraction of sp³-hybridized carbons (Fsp3) is 0.250. The third kappa shape index (κ3) is 2.64. The van der Waals surface area contributed by atoms with E-state index in [1.165, 1.54) is 0 Å². The van der Waals surface area contributed by atoms with E-state index >= 15 is 0 Å². The zero-order chi connectivity index (χ0) is 13.8. The van der Waals surface area contributed by atoms with Crippen molar-refractivity contribution in [2.45, 2.75) is 18.9 Å². The van der Waals surface area contributed by atoms with Gasteiger partial charge in [-0.05, 0) is 31.0 Å². The zero-order valence-corrected chi connectivity index (χ0v) is 11.1. The summed E-state index contributed by atoms with van der Waals surface area (Å²) in [5, 5.41) is 3.08. The average molecular weight is 268 g/mol. The molecule has 0 saturated carbocycles. The molecule has 4 nitrogen and oxygen atoms in total. The van der Waals surface area contributed by atoms with Crippen LogP contribution in [-0.4, -0.2) is 17.5 Å². The van der Waals surface area contributed by atoms with Crippen LogP contribution in [0.4, 0.5) is 0 Å². The minimum Gasteiger partial charge on any atom is -0.493 e. The van der Waals surface area contributed by atoms with E-state index < -0.39 is 0 Å². The smallest absolute Gasteiger partial charge is 0.251 e. The van der Waals surface area contributed by atoms with Gasteiger partial charge in [0.05, 0.1) is 12.6 Å². The van der Waals surface area contributed by atoms with Crippen LogP contribution in [0, 0.1) is 0 Å². The van der Waals surface area contributed by atoms with Crippen molar-refractivity contribution in [3.05, 3.63) is 59.9 Å². The first-order chi connectivity index (χ1) is 9.84. The van der Waals surface area contributed by atoms with Gasteiger partial charge in [-0.3, -0.25) is 9.78 Å². The van der Waals surface area contributed by atoms with Gasteiger partial charge in [0.1, 0.15) is 5.75 Å². The van der Waals surface area contributed by atoms with Crippen LogP contribution < -0.4 is 10.1 Å². The molecule has 1 atom stereocenters. The van der Waals surface area contributed by atoms with Crippen molar-refractivity contribution < 1.29 is 9.53 Å². The van der Waals surface area contributed by atoms with Crippen LogP contribution in [0.25, 0.3) is 0 Å². The molecule has 4 heteroatoms. The highest BCUT2D eigenvalue weighted by Gasteiger charge is 2.21. The van der Waals surface area contributed by atoms with Crippen molar-refractivity contribution in [1.29, 1.82) is 0 Å². The maximum atomic E-state index is 12.3. The lowest BCUT2D eigenvalue weighted by Crippen LogP contribution is -2.28. The molecule has 2 aromatic rings.